The van der Waals surface area contributed by atoms with Gasteiger partial charge in [0.1, 0.15) is 24.9 Å². The van der Waals surface area contributed by atoms with E-state index in [1.807, 2.05) is 30.3 Å². The minimum absolute atomic E-state index is 0.0922. The second kappa shape index (κ2) is 11.3. The second-order valence-electron chi connectivity index (χ2n) is 9.79. The van der Waals surface area contributed by atoms with Crippen LogP contribution in [0.5, 0.6) is 0 Å². The predicted molar refractivity (Wildman–Crippen MR) is 123 cm³/mol. The summed E-state index contributed by atoms with van der Waals surface area (Å²) in [6, 6.07) is 8.11. The molecule has 1 aliphatic rings. The third-order valence-electron chi connectivity index (χ3n) is 5.03. The SMILES string of the molecule is [2H]CC(C)(C)C(=O)OC[C@H]1OC(OCc2ccccc2)[C@H](NC(C)=O)[C@@H](OC(=O)C(C)(C)C[2H])[C@@H]1O. The summed E-state index contributed by atoms with van der Waals surface area (Å²) in [4.78, 5) is 37.2. The van der Waals surface area contributed by atoms with Crippen LogP contribution < -0.4 is 5.32 Å². The van der Waals surface area contributed by atoms with Crippen molar-refractivity contribution in [2.24, 2.45) is 10.8 Å². The molecule has 34 heavy (non-hydrogen) atoms. The van der Waals surface area contributed by atoms with Crippen LogP contribution in [0.4, 0.5) is 0 Å². The molecule has 1 aromatic carbocycles. The first-order valence-corrected chi connectivity index (χ1v) is 11.1. The highest BCUT2D eigenvalue weighted by molar-refractivity contribution is 5.76. The summed E-state index contributed by atoms with van der Waals surface area (Å²) in [6.07, 6.45) is -5.12. The quantitative estimate of drug-likeness (QED) is 0.570. The molecule has 0 radical (unpaired) electrons. The Morgan fingerprint density at radius 1 is 1.09 bits per heavy atom. The maximum atomic E-state index is 12.8. The Morgan fingerprint density at radius 2 is 1.71 bits per heavy atom. The molecule has 1 heterocycles. The van der Waals surface area contributed by atoms with Gasteiger partial charge < -0.3 is 29.4 Å². The fraction of sp³-hybridized carbons (Fsp3) is 0.640. The van der Waals surface area contributed by atoms with E-state index in [2.05, 4.69) is 5.32 Å². The molecule has 0 aliphatic carbocycles. The Labute approximate surface area is 203 Å². The standard InChI is InChI=1S/C25H37NO8/c1-15(27)26-18-20(34-23(30)25(5,6)7)19(28)17(14-32-22(29)24(2,3)4)33-21(18)31-13-16-11-9-8-10-12-16/h8-12,17-21,28H,13-14H2,1-7H3,(H,26,27)/t17-,18-,19-,20-,21?/m1/s1/i2D,5D. The van der Waals surface area contributed by atoms with Gasteiger partial charge >= 0.3 is 11.9 Å². The molecule has 9 nitrogen and oxygen atoms in total. The smallest absolute Gasteiger partial charge is 0.311 e. The maximum Gasteiger partial charge on any atom is 0.311 e. The fourth-order valence-electron chi connectivity index (χ4n) is 3.11. The summed E-state index contributed by atoms with van der Waals surface area (Å²) >= 11 is 0. The highest BCUT2D eigenvalue weighted by atomic mass is 16.7. The first kappa shape index (κ1) is 24.6. The molecule has 1 saturated heterocycles. The van der Waals surface area contributed by atoms with Crippen LogP contribution in [0.15, 0.2) is 30.3 Å². The predicted octanol–water partition coefficient (Wildman–Crippen LogP) is 2.34. The van der Waals surface area contributed by atoms with Gasteiger partial charge in [-0.05, 0) is 47.1 Å². The minimum Gasteiger partial charge on any atom is -0.462 e. The average molecular weight is 482 g/mol. The Morgan fingerprint density at radius 3 is 2.29 bits per heavy atom. The molecule has 0 saturated carbocycles. The van der Waals surface area contributed by atoms with E-state index in [1.165, 1.54) is 20.8 Å². The molecule has 5 atom stereocenters. The van der Waals surface area contributed by atoms with Gasteiger partial charge in [0.15, 0.2) is 12.4 Å². The lowest BCUT2D eigenvalue weighted by Crippen LogP contribution is -2.66. The third kappa shape index (κ3) is 7.78. The van der Waals surface area contributed by atoms with Gasteiger partial charge in [0.2, 0.25) is 5.91 Å². The topological polar surface area (TPSA) is 120 Å². The molecular weight excluding hydrogens is 442 g/mol. The Kier molecular flexibility index (Phi) is 8.18. The van der Waals surface area contributed by atoms with Crippen molar-refractivity contribution in [3.8, 4) is 0 Å². The Bertz CT molecular complexity index is 895. The average Bonchev–Trinajstić information content (AvgIpc) is 2.84. The number of aliphatic hydroxyl groups is 1. The number of hydrogen-bond donors (Lipinski definition) is 2. The van der Waals surface area contributed by atoms with Gasteiger partial charge in [0.05, 0.1) is 17.4 Å². The molecule has 2 rings (SSSR count). The summed E-state index contributed by atoms with van der Waals surface area (Å²) in [7, 11) is 0. The van der Waals surface area contributed by atoms with Crippen molar-refractivity contribution in [2.45, 2.75) is 85.7 Å². The summed E-state index contributed by atoms with van der Waals surface area (Å²) < 4.78 is 38.0. The lowest BCUT2D eigenvalue weighted by atomic mass is 9.94. The monoisotopic (exact) mass is 481 g/mol. The van der Waals surface area contributed by atoms with Crippen LogP contribution >= 0.6 is 0 Å². The molecule has 1 aromatic rings. The summed E-state index contributed by atoms with van der Waals surface area (Å²) in [5.74, 6) is -1.86. The van der Waals surface area contributed by atoms with E-state index in [-0.39, 0.29) is 20.4 Å². The van der Waals surface area contributed by atoms with Crippen LogP contribution in [0.2, 0.25) is 0 Å². The number of amides is 1. The van der Waals surface area contributed by atoms with Gasteiger partial charge in [-0.25, -0.2) is 0 Å². The lowest BCUT2D eigenvalue weighted by Gasteiger charge is -2.44. The molecule has 0 bridgehead atoms. The first-order chi connectivity index (χ1) is 16.8. The van der Waals surface area contributed by atoms with Crippen molar-refractivity contribution in [1.29, 1.82) is 0 Å². The minimum atomic E-state index is -1.49. The van der Waals surface area contributed by atoms with Gasteiger partial charge in [-0.15, -0.1) is 0 Å². The van der Waals surface area contributed by atoms with Gasteiger partial charge in [-0.2, -0.15) is 0 Å². The number of rotatable bonds is 7. The molecular formula is C25H37NO8. The van der Waals surface area contributed by atoms with Crippen molar-refractivity contribution in [1.82, 2.24) is 5.32 Å². The summed E-state index contributed by atoms with van der Waals surface area (Å²) in [6.45, 7) is 6.71. The molecule has 2 N–H and O–H groups in total. The van der Waals surface area contributed by atoms with Crippen molar-refractivity contribution >= 4 is 17.8 Å². The van der Waals surface area contributed by atoms with Crippen molar-refractivity contribution in [3.05, 3.63) is 35.9 Å². The van der Waals surface area contributed by atoms with E-state index < -0.39 is 65.9 Å². The van der Waals surface area contributed by atoms with E-state index in [4.69, 9.17) is 21.7 Å². The zero-order valence-electron chi connectivity index (χ0n) is 22.4. The van der Waals surface area contributed by atoms with Crippen LogP contribution in [-0.2, 0) is 39.9 Å². The van der Waals surface area contributed by atoms with Gasteiger partial charge in [0, 0.05) is 9.67 Å². The largest absolute Gasteiger partial charge is 0.462 e. The number of ether oxygens (including phenoxy) is 4. The van der Waals surface area contributed by atoms with Crippen LogP contribution in [0.3, 0.4) is 0 Å². The zero-order chi connectivity index (χ0) is 27.1. The van der Waals surface area contributed by atoms with E-state index in [1.54, 1.807) is 13.8 Å². The maximum absolute atomic E-state index is 12.8. The van der Waals surface area contributed by atoms with Gasteiger partial charge in [-0.3, -0.25) is 14.4 Å². The van der Waals surface area contributed by atoms with E-state index >= 15 is 0 Å². The van der Waals surface area contributed by atoms with Crippen LogP contribution in [0.1, 0.15) is 56.7 Å². The Hall–Kier alpha value is -2.49. The molecule has 0 spiro atoms. The van der Waals surface area contributed by atoms with Crippen molar-refractivity contribution < 1.29 is 41.2 Å². The van der Waals surface area contributed by atoms with Crippen LogP contribution in [0.25, 0.3) is 0 Å². The normalized spacial score (nSPS) is 26.1. The Balaban J connectivity index is 2.33. The number of esters is 2. The van der Waals surface area contributed by atoms with Gasteiger partial charge in [-0.1, -0.05) is 30.3 Å². The fourth-order valence-corrected chi connectivity index (χ4v) is 3.11. The lowest BCUT2D eigenvalue weighted by molar-refractivity contribution is -0.279. The first-order valence-electron chi connectivity index (χ1n) is 12.5. The number of carbonyl (C=O) groups excluding carboxylic acids is 3. The highest BCUT2D eigenvalue weighted by Crippen LogP contribution is 2.29. The highest BCUT2D eigenvalue weighted by Gasteiger charge is 2.50. The summed E-state index contributed by atoms with van der Waals surface area (Å²) in [5.41, 5.74) is -1.41. The molecule has 9 heteroatoms. The van der Waals surface area contributed by atoms with E-state index in [0.29, 0.717) is 0 Å². The van der Waals surface area contributed by atoms with Gasteiger partial charge in [0.25, 0.3) is 0 Å². The third-order valence-corrected chi connectivity index (χ3v) is 5.03. The number of nitrogens with one attached hydrogen (secondary N) is 1. The number of hydrogen-bond acceptors (Lipinski definition) is 8. The summed E-state index contributed by atoms with van der Waals surface area (Å²) in [5, 5.41) is 13.7. The molecule has 1 unspecified atom stereocenters. The van der Waals surface area contributed by atoms with E-state index in [9.17, 15) is 19.5 Å². The molecule has 1 amide bonds. The van der Waals surface area contributed by atoms with E-state index in [0.717, 1.165) is 5.56 Å². The molecule has 0 aromatic heterocycles. The zero-order valence-corrected chi connectivity index (χ0v) is 20.4. The molecule has 1 fully saturated rings. The second-order valence-corrected chi connectivity index (χ2v) is 9.79. The molecule has 190 valence electrons. The van der Waals surface area contributed by atoms with Crippen LogP contribution in [0, 0.1) is 10.8 Å². The number of benzene rings is 1. The van der Waals surface area contributed by atoms with Crippen molar-refractivity contribution in [2.75, 3.05) is 6.61 Å². The number of aliphatic hydroxyl groups excluding tert-OH is 1. The van der Waals surface area contributed by atoms with Crippen LogP contribution in [-0.4, -0.2) is 60.2 Å². The van der Waals surface area contributed by atoms with Crippen molar-refractivity contribution in [3.63, 3.8) is 0 Å². The number of carbonyl (C=O) groups is 3. The molecule has 1 aliphatic heterocycles.